The van der Waals surface area contributed by atoms with E-state index in [4.69, 9.17) is 0 Å². The number of sulfonamides is 1. The topological polar surface area (TPSA) is 69.6 Å². The van der Waals surface area contributed by atoms with Gasteiger partial charge in [0.1, 0.15) is 0 Å². The first-order valence-corrected chi connectivity index (χ1v) is 8.78. The average molecular weight is 312 g/mol. The molecule has 5 nitrogen and oxygen atoms in total. The number of rotatable bonds is 4. The molecule has 1 fully saturated rings. The molecule has 2 rings (SSSR count). The number of aliphatic hydroxyl groups is 1. The van der Waals surface area contributed by atoms with Gasteiger partial charge in [-0.3, -0.25) is 0 Å². The van der Waals surface area contributed by atoms with E-state index < -0.39 is 15.6 Å². The molecule has 0 saturated carbocycles. The van der Waals surface area contributed by atoms with Crippen molar-refractivity contribution in [3.63, 3.8) is 0 Å². The highest BCUT2D eigenvalue weighted by atomic mass is 32.2. The molecule has 1 aliphatic rings. The van der Waals surface area contributed by atoms with E-state index in [1.807, 2.05) is 19.1 Å². The van der Waals surface area contributed by atoms with Gasteiger partial charge in [-0.1, -0.05) is 0 Å². The minimum atomic E-state index is -3.43. The van der Waals surface area contributed by atoms with E-state index in [-0.39, 0.29) is 10.9 Å². The van der Waals surface area contributed by atoms with Crippen molar-refractivity contribution in [1.82, 2.24) is 4.72 Å². The van der Waals surface area contributed by atoms with Crippen LogP contribution in [0.3, 0.4) is 0 Å². The monoisotopic (exact) mass is 312 g/mol. The molecule has 0 bridgehead atoms. The summed E-state index contributed by atoms with van der Waals surface area (Å²) < 4.78 is 26.7. The summed E-state index contributed by atoms with van der Waals surface area (Å²) in [6.45, 7) is 7.02. The Balaban J connectivity index is 2.09. The molecular formula is C15H24N2O3S. The summed E-state index contributed by atoms with van der Waals surface area (Å²) in [6, 6.07) is 6.79. The maximum Gasteiger partial charge on any atom is 0.240 e. The summed E-state index contributed by atoms with van der Waals surface area (Å²) in [7, 11) is -3.43. The van der Waals surface area contributed by atoms with Gasteiger partial charge in [-0.25, -0.2) is 13.1 Å². The largest absolute Gasteiger partial charge is 0.390 e. The Bertz CT molecular complexity index is 569. The predicted molar refractivity (Wildman–Crippen MR) is 84.0 cm³/mol. The molecular weight excluding hydrogens is 288 g/mol. The molecule has 21 heavy (non-hydrogen) atoms. The van der Waals surface area contributed by atoms with Crippen molar-refractivity contribution in [2.24, 2.45) is 0 Å². The van der Waals surface area contributed by atoms with Gasteiger partial charge in [0.05, 0.1) is 10.5 Å². The molecule has 0 aromatic heterocycles. The fourth-order valence-corrected chi connectivity index (χ4v) is 3.71. The fourth-order valence-electron chi connectivity index (χ4n) is 2.46. The SMILES string of the molecule is CC(C)NS(=O)(=O)c1ccc(N2CCC(C)(O)CC2)cc1. The van der Waals surface area contributed by atoms with Gasteiger partial charge in [0, 0.05) is 24.8 Å². The van der Waals surface area contributed by atoms with Crippen LogP contribution < -0.4 is 9.62 Å². The molecule has 1 heterocycles. The Hall–Kier alpha value is -1.11. The molecule has 1 saturated heterocycles. The zero-order valence-electron chi connectivity index (χ0n) is 12.8. The fraction of sp³-hybridized carbons (Fsp3) is 0.600. The average Bonchev–Trinajstić information content (AvgIpc) is 2.37. The van der Waals surface area contributed by atoms with Crippen LogP contribution in [0.2, 0.25) is 0 Å². The molecule has 0 atom stereocenters. The van der Waals surface area contributed by atoms with Gasteiger partial charge in [-0.2, -0.15) is 0 Å². The molecule has 0 spiro atoms. The second kappa shape index (κ2) is 5.94. The highest BCUT2D eigenvalue weighted by Crippen LogP contribution is 2.26. The minimum Gasteiger partial charge on any atom is -0.390 e. The summed E-state index contributed by atoms with van der Waals surface area (Å²) in [5.41, 5.74) is 0.412. The molecule has 6 heteroatoms. The first-order chi connectivity index (χ1) is 9.70. The highest BCUT2D eigenvalue weighted by Gasteiger charge is 2.27. The number of nitrogens with zero attached hydrogens (tertiary/aromatic N) is 1. The minimum absolute atomic E-state index is 0.126. The van der Waals surface area contributed by atoms with Crippen molar-refractivity contribution in [2.75, 3.05) is 18.0 Å². The third kappa shape index (κ3) is 4.18. The number of anilines is 1. The number of benzene rings is 1. The van der Waals surface area contributed by atoms with Crippen LogP contribution in [0.1, 0.15) is 33.6 Å². The van der Waals surface area contributed by atoms with E-state index in [0.717, 1.165) is 31.6 Å². The van der Waals surface area contributed by atoms with Crippen molar-refractivity contribution in [2.45, 2.75) is 50.2 Å². The molecule has 0 aliphatic carbocycles. The summed E-state index contributed by atoms with van der Waals surface area (Å²) in [4.78, 5) is 2.45. The van der Waals surface area contributed by atoms with Crippen LogP contribution in [-0.4, -0.2) is 38.3 Å². The van der Waals surface area contributed by atoms with Crippen LogP contribution in [0, 0.1) is 0 Å². The Morgan fingerprint density at radius 2 is 1.71 bits per heavy atom. The molecule has 1 aromatic carbocycles. The van der Waals surface area contributed by atoms with E-state index >= 15 is 0 Å². The predicted octanol–water partition coefficient (Wildman–Crippen LogP) is 1.72. The lowest BCUT2D eigenvalue weighted by atomic mass is 9.93. The standard InChI is InChI=1S/C15H24N2O3S/c1-12(2)16-21(19,20)14-6-4-13(5-7-14)17-10-8-15(3,18)9-11-17/h4-7,12,16,18H,8-11H2,1-3H3. The normalized spacial score (nSPS) is 19.0. The summed E-state index contributed by atoms with van der Waals surface area (Å²) in [6.07, 6.45) is 1.45. The van der Waals surface area contributed by atoms with Crippen molar-refractivity contribution in [1.29, 1.82) is 0 Å². The Kier molecular flexibility index (Phi) is 4.60. The lowest BCUT2D eigenvalue weighted by Gasteiger charge is -2.37. The van der Waals surface area contributed by atoms with Gasteiger partial charge in [0.2, 0.25) is 10.0 Å². The maximum absolute atomic E-state index is 12.1. The summed E-state index contributed by atoms with van der Waals surface area (Å²) in [5, 5.41) is 9.96. The Labute approximate surface area is 127 Å². The van der Waals surface area contributed by atoms with Crippen LogP contribution in [0.25, 0.3) is 0 Å². The molecule has 0 radical (unpaired) electrons. The van der Waals surface area contributed by atoms with E-state index in [1.165, 1.54) is 0 Å². The van der Waals surface area contributed by atoms with Gasteiger partial charge in [-0.15, -0.1) is 0 Å². The first-order valence-electron chi connectivity index (χ1n) is 7.29. The lowest BCUT2D eigenvalue weighted by Crippen LogP contribution is -2.42. The van der Waals surface area contributed by atoms with Crippen molar-refractivity contribution < 1.29 is 13.5 Å². The third-order valence-electron chi connectivity index (χ3n) is 3.74. The van der Waals surface area contributed by atoms with Crippen molar-refractivity contribution in [3.8, 4) is 0 Å². The summed E-state index contributed by atoms with van der Waals surface area (Å²) >= 11 is 0. The second-order valence-electron chi connectivity index (χ2n) is 6.25. The smallest absolute Gasteiger partial charge is 0.240 e. The van der Waals surface area contributed by atoms with Gasteiger partial charge in [0.15, 0.2) is 0 Å². The molecule has 0 amide bonds. The Morgan fingerprint density at radius 3 is 2.19 bits per heavy atom. The van der Waals surface area contributed by atoms with Crippen LogP contribution in [0.15, 0.2) is 29.2 Å². The van der Waals surface area contributed by atoms with Crippen LogP contribution in [0.4, 0.5) is 5.69 Å². The van der Waals surface area contributed by atoms with Crippen LogP contribution >= 0.6 is 0 Å². The van der Waals surface area contributed by atoms with E-state index in [2.05, 4.69) is 9.62 Å². The maximum atomic E-state index is 12.1. The number of hydrogen-bond donors (Lipinski definition) is 2. The van der Waals surface area contributed by atoms with E-state index in [9.17, 15) is 13.5 Å². The van der Waals surface area contributed by atoms with Gasteiger partial charge in [0.25, 0.3) is 0 Å². The van der Waals surface area contributed by atoms with Crippen LogP contribution in [0.5, 0.6) is 0 Å². The zero-order chi connectivity index (χ0) is 15.7. The quantitative estimate of drug-likeness (QED) is 0.888. The van der Waals surface area contributed by atoms with Gasteiger partial charge < -0.3 is 10.0 Å². The summed E-state index contributed by atoms with van der Waals surface area (Å²) in [5.74, 6) is 0. The molecule has 118 valence electrons. The molecule has 0 unspecified atom stereocenters. The van der Waals surface area contributed by atoms with Gasteiger partial charge in [-0.05, 0) is 57.9 Å². The zero-order valence-corrected chi connectivity index (χ0v) is 13.7. The molecule has 2 N–H and O–H groups in total. The second-order valence-corrected chi connectivity index (χ2v) is 7.97. The van der Waals surface area contributed by atoms with E-state index in [1.54, 1.807) is 26.0 Å². The lowest BCUT2D eigenvalue weighted by molar-refractivity contribution is 0.0351. The molecule has 1 aromatic rings. The van der Waals surface area contributed by atoms with E-state index in [0.29, 0.717) is 0 Å². The van der Waals surface area contributed by atoms with Gasteiger partial charge >= 0.3 is 0 Å². The first kappa shape index (κ1) is 16.3. The molecule has 1 aliphatic heterocycles. The third-order valence-corrected chi connectivity index (χ3v) is 5.42. The highest BCUT2D eigenvalue weighted by molar-refractivity contribution is 7.89. The number of nitrogens with one attached hydrogen (secondary N) is 1. The van der Waals surface area contributed by atoms with Crippen LogP contribution in [-0.2, 0) is 10.0 Å². The van der Waals surface area contributed by atoms with Crippen molar-refractivity contribution in [3.05, 3.63) is 24.3 Å². The Morgan fingerprint density at radius 1 is 1.19 bits per heavy atom. The van der Waals surface area contributed by atoms with Crippen molar-refractivity contribution >= 4 is 15.7 Å². The number of piperidine rings is 1. The number of hydrogen-bond acceptors (Lipinski definition) is 4.